The van der Waals surface area contributed by atoms with Crippen molar-refractivity contribution in [3.8, 4) is 0 Å². The fourth-order valence-corrected chi connectivity index (χ4v) is 1.55. The zero-order valence-corrected chi connectivity index (χ0v) is 9.14. The summed E-state index contributed by atoms with van der Waals surface area (Å²) in [4.78, 5) is 17.3. The Morgan fingerprint density at radius 3 is 3.06 bits per heavy atom. The number of aryl methyl sites for hydroxylation is 1. The highest BCUT2D eigenvalue weighted by Gasteiger charge is 2.35. The van der Waals surface area contributed by atoms with Gasteiger partial charge in [-0.1, -0.05) is 11.2 Å². The van der Waals surface area contributed by atoms with Crippen molar-refractivity contribution in [2.75, 3.05) is 19.6 Å². The van der Waals surface area contributed by atoms with Crippen LogP contribution in [-0.4, -0.2) is 40.7 Å². The molecule has 1 aliphatic heterocycles. The van der Waals surface area contributed by atoms with Crippen molar-refractivity contribution in [3.05, 3.63) is 24.4 Å². The summed E-state index contributed by atoms with van der Waals surface area (Å²) in [6.07, 6.45) is 1.65. The van der Waals surface area contributed by atoms with E-state index in [1.165, 1.54) is 0 Å². The number of carbonyl (C=O) groups is 1. The minimum atomic E-state index is -0.0765. The van der Waals surface area contributed by atoms with E-state index >= 15 is 0 Å². The Bertz CT molecular complexity index is 395. The molecule has 1 fully saturated rings. The number of nitrogens with one attached hydrogen (secondary N) is 1. The minimum absolute atomic E-state index is 0.0765. The minimum Gasteiger partial charge on any atom is -0.339 e. The highest BCUT2D eigenvalue weighted by Crippen LogP contribution is 2.25. The topological polar surface area (TPSA) is 71.3 Å². The number of amides is 2. The van der Waals surface area contributed by atoms with Crippen LogP contribution in [-0.2, 0) is 0 Å². The first-order valence-corrected chi connectivity index (χ1v) is 5.14. The standard InChI is InChI=1S/C10H14N4O2/c1-3-4-11-10(15)14-5-8(6-14)9-12-7(2)13-16-9/h3,8H,1,4-6H2,2H3,(H,11,15). The number of hydrogen-bond donors (Lipinski definition) is 1. The number of rotatable bonds is 3. The molecule has 1 saturated heterocycles. The number of hydrogen-bond acceptors (Lipinski definition) is 4. The highest BCUT2D eigenvalue weighted by molar-refractivity contribution is 5.75. The molecule has 16 heavy (non-hydrogen) atoms. The average molecular weight is 222 g/mol. The molecule has 86 valence electrons. The number of aromatic nitrogens is 2. The molecular weight excluding hydrogens is 208 g/mol. The number of nitrogens with zero attached hydrogens (tertiary/aromatic N) is 3. The van der Waals surface area contributed by atoms with Gasteiger partial charge in [0.2, 0.25) is 5.89 Å². The largest absolute Gasteiger partial charge is 0.339 e. The fraction of sp³-hybridized carbons (Fsp3) is 0.500. The lowest BCUT2D eigenvalue weighted by molar-refractivity contribution is 0.137. The zero-order valence-electron chi connectivity index (χ0n) is 9.14. The molecule has 1 aromatic rings. The molecule has 0 bridgehead atoms. The van der Waals surface area contributed by atoms with E-state index in [2.05, 4.69) is 22.0 Å². The predicted octanol–water partition coefficient (Wildman–Crippen LogP) is 0.673. The van der Waals surface area contributed by atoms with Crippen LogP contribution in [0.25, 0.3) is 0 Å². The van der Waals surface area contributed by atoms with Crippen LogP contribution in [0.3, 0.4) is 0 Å². The molecule has 0 atom stereocenters. The maximum atomic E-state index is 11.5. The van der Waals surface area contributed by atoms with Crippen molar-refractivity contribution in [1.29, 1.82) is 0 Å². The van der Waals surface area contributed by atoms with Gasteiger partial charge in [-0.05, 0) is 6.92 Å². The fourth-order valence-electron chi connectivity index (χ4n) is 1.55. The molecule has 2 amide bonds. The second-order valence-electron chi connectivity index (χ2n) is 3.76. The SMILES string of the molecule is C=CCNC(=O)N1CC(c2nc(C)no2)C1. The summed E-state index contributed by atoms with van der Waals surface area (Å²) < 4.78 is 5.04. The summed E-state index contributed by atoms with van der Waals surface area (Å²) in [5.74, 6) is 1.42. The van der Waals surface area contributed by atoms with Crippen LogP contribution in [0.5, 0.6) is 0 Å². The molecule has 2 rings (SSSR count). The van der Waals surface area contributed by atoms with Gasteiger partial charge in [0.25, 0.3) is 0 Å². The van der Waals surface area contributed by atoms with E-state index in [0.717, 1.165) is 0 Å². The molecule has 6 heteroatoms. The van der Waals surface area contributed by atoms with Crippen LogP contribution in [0.4, 0.5) is 4.79 Å². The van der Waals surface area contributed by atoms with Crippen LogP contribution in [0, 0.1) is 6.92 Å². The lowest BCUT2D eigenvalue weighted by Gasteiger charge is -2.36. The predicted molar refractivity (Wildman–Crippen MR) is 56.9 cm³/mol. The molecular formula is C10H14N4O2. The summed E-state index contributed by atoms with van der Waals surface area (Å²) in [6, 6.07) is -0.0765. The maximum absolute atomic E-state index is 11.5. The Balaban J connectivity index is 1.81. The molecule has 2 heterocycles. The third kappa shape index (κ3) is 2.05. The monoisotopic (exact) mass is 222 g/mol. The van der Waals surface area contributed by atoms with E-state index in [1.807, 2.05) is 0 Å². The Labute approximate surface area is 93.3 Å². The molecule has 0 aliphatic carbocycles. The van der Waals surface area contributed by atoms with Crippen molar-refractivity contribution in [2.45, 2.75) is 12.8 Å². The molecule has 6 nitrogen and oxygen atoms in total. The Morgan fingerprint density at radius 1 is 1.75 bits per heavy atom. The molecule has 1 N–H and O–H groups in total. The lowest BCUT2D eigenvalue weighted by Crippen LogP contribution is -2.52. The lowest BCUT2D eigenvalue weighted by atomic mass is 10.0. The van der Waals surface area contributed by atoms with Gasteiger partial charge in [-0.3, -0.25) is 0 Å². The third-order valence-corrected chi connectivity index (χ3v) is 2.46. The van der Waals surface area contributed by atoms with Gasteiger partial charge in [0.15, 0.2) is 5.82 Å². The van der Waals surface area contributed by atoms with Gasteiger partial charge < -0.3 is 14.7 Å². The summed E-state index contributed by atoms with van der Waals surface area (Å²) >= 11 is 0. The zero-order chi connectivity index (χ0) is 11.5. The quantitative estimate of drug-likeness (QED) is 0.763. The van der Waals surface area contributed by atoms with Crippen LogP contribution in [0.2, 0.25) is 0 Å². The number of urea groups is 1. The Kier molecular flexibility index (Phi) is 2.89. The summed E-state index contributed by atoms with van der Waals surface area (Å²) in [7, 11) is 0. The van der Waals surface area contributed by atoms with Gasteiger partial charge in [-0.2, -0.15) is 4.98 Å². The number of carbonyl (C=O) groups excluding carboxylic acids is 1. The van der Waals surface area contributed by atoms with Crippen molar-refractivity contribution in [1.82, 2.24) is 20.4 Å². The Morgan fingerprint density at radius 2 is 2.50 bits per heavy atom. The van der Waals surface area contributed by atoms with Gasteiger partial charge in [-0.25, -0.2) is 4.79 Å². The molecule has 1 aromatic heterocycles. The summed E-state index contributed by atoms with van der Waals surface area (Å²) in [5.41, 5.74) is 0. The summed E-state index contributed by atoms with van der Waals surface area (Å²) in [6.45, 7) is 7.06. The van der Waals surface area contributed by atoms with Gasteiger partial charge >= 0.3 is 6.03 Å². The van der Waals surface area contributed by atoms with E-state index in [9.17, 15) is 4.79 Å². The van der Waals surface area contributed by atoms with E-state index < -0.39 is 0 Å². The second kappa shape index (κ2) is 4.34. The van der Waals surface area contributed by atoms with Gasteiger partial charge in [0.05, 0.1) is 5.92 Å². The third-order valence-electron chi connectivity index (χ3n) is 2.46. The normalized spacial score (nSPS) is 15.7. The second-order valence-corrected chi connectivity index (χ2v) is 3.76. The first-order chi connectivity index (χ1) is 7.70. The van der Waals surface area contributed by atoms with Crippen molar-refractivity contribution in [2.24, 2.45) is 0 Å². The molecule has 0 spiro atoms. The van der Waals surface area contributed by atoms with Gasteiger partial charge in [-0.15, -0.1) is 6.58 Å². The van der Waals surface area contributed by atoms with Crippen molar-refractivity contribution >= 4 is 6.03 Å². The van der Waals surface area contributed by atoms with E-state index in [-0.39, 0.29) is 11.9 Å². The maximum Gasteiger partial charge on any atom is 0.317 e. The first kappa shape index (κ1) is 10.7. The number of likely N-dealkylation sites (tertiary alicyclic amines) is 1. The molecule has 1 aliphatic rings. The molecule has 0 radical (unpaired) electrons. The van der Waals surface area contributed by atoms with E-state index in [1.54, 1.807) is 17.9 Å². The van der Waals surface area contributed by atoms with Crippen molar-refractivity contribution < 1.29 is 9.32 Å². The molecule has 0 aromatic carbocycles. The van der Waals surface area contributed by atoms with Gasteiger partial charge in [0.1, 0.15) is 0 Å². The highest BCUT2D eigenvalue weighted by atomic mass is 16.5. The smallest absolute Gasteiger partial charge is 0.317 e. The summed E-state index contributed by atoms with van der Waals surface area (Å²) in [5, 5.41) is 6.43. The van der Waals surface area contributed by atoms with E-state index in [0.29, 0.717) is 31.3 Å². The van der Waals surface area contributed by atoms with Crippen molar-refractivity contribution in [3.63, 3.8) is 0 Å². The van der Waals surface area contributed by atoms with E-state index in [4.69, 9.17) is 4.52 Å². The molecule has 0 saturated carbocycles. The average Bonchev–Trinajstić information content (AvgIpc) is 2.59. The first-order valence-electron chi connectivity index (χ1n) is 5.14. The van der Waals surface area contributed by atoms with Gasteiger partial charge in [0, 0.05) is 19.6 Å². The van der Waals surface area contributed by atoms with Crippen LogP contribution < -0.4 is 5.32 Å². The Hall–Kier alpha value is -1.85. The molecule has 0 unspecified atom stereocenters. The van der Waals surface area contributed by atoms with Crippen LogP contribution in [0.1, 0.15) is 17.6 Å². The van der Waals surface area contributed by atoms with Crippen LogP contribution in [0.15, 0.2) is 17.2 Å². The van der Waals surface area contributed by atoms with Crippen LogP contribution >= 0.6 is 0 Å².